The highest BCUT2D eigenvalue weighted by Gasteiger charge is 2.17. The molecular weight excluding hydrogens is 428 g/mol. The maximum atomic E-state index is 4.82. The number of aryl methyl sites for hydroxylation is 4. The Balaban J connectivity index is 1.25. The summed E-state index contributed by atoms with van der Waals surface area (Å²) in [7, 11) is 0. The van der Waals surface area contributed by atoms with Crippen molar-refractivity contribution < 1.29 is 0 Å². The van der Waals surface area contributed by atoms with Crippen LogP contribution in [0.5, 0.6) is 0 Å². The minimum absolute atomic E-state index is 0.941. The molecule has 3 heterocycles. The number of hydrogen-bond donors (Lipinski definition) is 0. The van der Waals surface area contributed by atoms with Crippen molar-refractivity contribution in [2.75, 3.05) is 36.0 Å². The Hall–Kier alpha value is -3.66. The predicted octanol–water partition coefficient (Wildman–Crippen LogP) is 6.76. The van der Waals surface area contributed by atoms with E-state index in [0.717, 1.165) is 44.2 Å². The van der Waals surface area contributed by atoms with Crippen LogP contribution in [0, 0.1) is 27.7 Å². The first-order valence-corrected chi connectivity index (χ1v) is 12.6. The highest BCUT2D eigenvalue weighted by molar-refractivity contribution is 5.66. The summed E-state index contributed by atoms with van der Waals surface area (Å²) in [5, 5.41) is 0. The first-order chi connectivity index (χ1) is 17.0. The molecule has 0 atom stereocenters. The van der Waals surface area contributed by atoms with E-state index >= 15 is 0 Å². The zero-order valence-electron chi connectivity index (χ0n) is 21.3. The van der Waals surface area contributed by atoms with Crippen molar-refractivity contribution in [3.8, 4) is 22.3 Å². The first-order valence-electron chi connectivity index (χ1n) is 12.6. The Kier molecular flexibility index (Phi) is 6.54. The number of nitrogens with zero attached hydrogens (tertiary/aromatic N) is 4. The van der Waals surface area contributed by atoms with Gasteiger partial charge in [-0.2, -0.15) is 0 Å². The lowest BCUT2D eigenvalue weighted by Crippen LogP contribution is -2.31. The molecule has 1 aliphatic heterocycles. The van der Waals surface area contributed by atoms with Gasteiger partial charge in [0.05, 0.1) is 0 Å². The van der Waals surface area contributed by atoms with Crippen molar-refractivity contribution in [1.29, 1.82) is 0 Å². The summed E-state index contributed by atoms with van der Waals surface area (Å²) in [6.07, 6.45) is 5.10. The fourth-order valence-electron chi connectivity index (χ4n) is 4.71. The molecule has 178 valence electrons. The lowest BCUT2D eigenvalue weighted by atomic mass is 10.0. The molecule has 0 unspecified atom stereocenters. The van der Waals surface area contributed by atoms with Crippen molar-refractivity contribution in [3.05, 3.63) is 95.3 Å². The van der Waals surface area contributed by atoms with E-state index in [9.17, 15) is 0 Å². The fraction of sp³-hybridized carbons (Fsp3) is 0.290. The zero-order chi connectivity index (χ0) is 24.4. The second-order valence-corrected chi connectivity index (χ2v) is 9.74. The summed E-state index contributed by atoms with van der Waals surface area (Å²) < 4.78 is 0. The van der Waals surface area contributed by atoms with Crippen molar-refractivity contribution >= 4 is 11.6 Å². The van der Waals surface area contributed by atoms with E-state index in [1.54, 1.807) is 0 Å². The van der Waals surface area contributed by atoms with Gasteiger partial charge in [-0.3, -0.25) is 0 Å². The lowest BCUT2D eigenvalue weighted by Gasteiger charge is -2.23. The van der Waals surface area contributed by atoms with Crippen LogP contribution in [0.3, 0.4) is 0 Å². The Bertz CT molecular complexity index is 1210. The second-order valence-electron chi connectivity index (χ2n) is 9.74. The molecule has 4 aromatic rings. The molecule has 0 aliphatic carbocycles. The Morgan fingerprint density at radius 3 is 1.29 bits per heavy atom. The highest BCUT2D eigenvalue weighted by Crippen LogP contribution is 2.26. The standard InChI is InChI=1S/C31H34N4/c1-22-6-8-26(18-24(22)3)28-10-12-30(32-20-28)34-14-5-15-35(17-16-34)31-13-11-29(21-33-31)27-9-7-23(2)25(4)19-27/h6-13,18-21H,5,14-17H2,1-4H3. The quantitative estimate of drug-likeness (QED) is 0.335. The molecule has 0 radical (unpaired) electrons. The summed E-state index contributed by atoms with van der Waals surface area (Å²) in [5.41, 5.74) is 10.1. The van der Waals surface area contributed by atoms with Gasteiger partial charge >= 0.3 is 0 Å². The van der Waals surface area contributed by atoms with E-state index in [0.29, 0.717) is 0 Å². The maximum absolute atomic E-state index is 4.82. The topological polar surface area (TPSA) is 32.3 Å². The molecular formula is C31H34N4. The molecule has 5 rings (SSSR count). The average Bonchev–Trinajstić information content (AvgIpc) is 3.14. The van der Waals surface area contributed by atoms with Crippen LogP contribution in [0.25, 0.3) is 22.3 Å². The van der Waals surface area contributed by atoms with Crippen LogP contribution < -0.4 is 9.80 Å². The molecule has 0 amide bonds. The van der Waals surface area contributed by atoms with Crippen LogP contribution in [0.4, 0.5) is 11.6 Å². The number of benzene rings is 2. The van der Waals surface area contributed by atoms with Gasteiger partial charge in [0.1, 0.15) is 11.6 Å². The van der Waals surface area contributed by atoms with Gasteiger partial charge < -0.3 is 9.80 Å². The van der Waals surface area contributed by atoms with Crippen LogP contribution in [-0.2, 0) is 0 Å². The minimum Gasteiger partial charge on any atom is -0.355 e. The summed E-state index contributed by atoms with van der Waals surface area (Å²) in [4.78, 5) is 14.4. The first kappa shape index (κ1) is 23.1. The Morgan fingerprint density at radius 2 is 0.914 bits per heavy atom. The third-order valence-corrected chi connectivity index (χ3v) is 7.32. The van der Waals surface area contributed by atoms with Gasteiger partial charge in [0.2, 0.25) is 0 Å². The van der Waals surface area contributed by atoms with Gasteiger partial charge in [-0.25, -0.2) is 9.97 Å². The fourth-order valence-corrected chi connectivity index (χ4v) is 4.71. The van der Waals surface area contributed by atoms with E-state index in [2.05, 4.69) is 98.2 Å². The van der Waals surface area contributed by atoms with Crippen molar-refractivity contribution in [2.24, 2.45) is 0 Å². The van der Waals surface area contributed by atoms with Crippen molar-refractivity contribution in [2.45, 2.75) is 34.1 Å². The van der Waals surface area contributed by atoms with Crippen LogP contribution >= 0.6 is 0 Å². The zero-order valence-corrected chi connectivity index (χ0v) is 21.3. The summed E-state index contributed by atoms with van der Waals surface area (Å²) >= 11 is 0. The summed E-state index contributed by atoms with van der Waals surface area (Å²) in [6, 6.07) is 21.9. The largest absolute Gasteiger partial charge is 0.355 e. The van der Waals surface area contributed by atoms with Crippen LogP contribution in [-0.4, -0.2) is 36.1 Å². The smallest absolute Gasteiger partial charge is 0.128 e. The van der Waals surface area contributed by atoms with E-state index in [-0.39, 0.29) is 0 Å². The van der Waals surface area contributed by atoms with E-state index in [1.807, 2.05) is 12.4 Å². The molecule has 0 N–H and O–H groups in total. The van der Waals surface area contributed by atoms with E-state index in [1.165, 1.54) is 44.5 Å². The van der Waals surface area contributed by atoms with Gasteiger partial charge in [0.25, 0.3) is 0 Å². The number of pyridine rings is 2. The van der Waals surface area contributed by atoms with Gasteiger partial charge in [-0.1, -0.05) is 36.4 Å². The molecule has 0 bridgehead atoms. The molecule has 1 saturated heterocycles. The van der Waals surface area contributed by atoms with E-state index in [4.69, 9.17) is 9.97 Å². The molecule has 35 heavy (non-hydrogen) atoms. The molecule has 1 aliphatic rings. The van der Waals surface area contributed by atoms with Crippen LogP contribution in [0.1, 0.15) is 28.7 Å². The minimum atomic E-state index is 0.941. The second kappa shape index (κ2) is 9.91. The molecule has 4 heteroatoms. The van der Waals surface area contributed by atoms with Crippen molar-refractivity contribution in [1.82, 2.24) is 9.97 Å². The Labute approximate surface area is 209 Å². The van der Waals surface area contributed by atoms with Gasteiger partial charge in [-0.15, -0.1) is 0 Å². The van der Waals surface area contributed by atoms with Gasteiger partial charge in [0.15, 0.2) is 0 Å². The van der Waals surface area contributed by atoms with Gasteiger partial charge in [-0.05, 0) is 91.8 Å². The SMILES string of the molecule is Cc1ccc(-c2ccc(N3CCCN(c4ccc(-c5ccc(C)c(C)c5)cn4)CC3)nc2)cc1C. The Morgan fingerprint density at radius 1 is 0.486 bits per heavy atom. The number of aromatic nitrogens is 2. The van der Waals surface area contributed by atoms with Crippen molar-refractivity contribution in [3.63, 3.8) is 0 Å². The maximum Gasteiger partial charge on any atom is 0.128 e. The molecule has 0 saturated carbocycles. The van der Waals surface area contributed by atoms with Crippen LogP contribution in [0.15, 0.2) is 73.1 Å². The summed E-state index contributed by atoms with van der Waals surface area (Å²) in [5.74, 6) is 2.11. The number of hydrogen-bond acceptors (Lipinski definition) is 4. The molecule has 0 spiro atoms. The van der Waals surface area contributed by atoms with Gasteiger partial charge in [0, 0.05) is 49.7 Å². The van der Waals surface area contributed by atoms with Crippen LogP contribution in [0.2, 0.25) is 0 Å². The average molecular weight is 463 g/mol. The number of anilines is 2. The predicted molar refractivity (Wildman–Crippen MR) is 147 cm³/mol. The number of rotatable bonds is 4. The lowest BCUT2D eigenvalue weighted by molar-refractivity contribution is 0.794. The third-order valence-electron chi connectivity index (χ3n) is 7.32. The molecule has 2 aromatic carbocycles. The third kappa shape index (κ3) is 5.07. The summed E-state index contributed by atoms with van der Waals surface area (Å²) in [6.45, 7) is 12.5. The highest BCUT2D eigenvalue weighted by atomic mass is 15.3. The normalized spacial score (nSPS) is 14.2. The molecule has 4 nitrogen and oxygen atoms in total. The van der Waals surface area contributed by atoms with E-state index < -0.39 is 0 Å². The molecule has 2 aromatic heterocycles. The molecule has 1 fully saturated rings. The monoisotopic (exact) mass is 462 g/mol.